The van der Waals surface area contributed by atoms with Gasteiger partial charge in [-0.2, -0.15) is 23.7 Å². The molecule has 2 N–H and O–H groups in total. The molecule has 3 aromatic rings. The number of piperazine rings is 1. The second-order valence-electron chi connectivity index (χ2n) is 8.27. The highest BCUT2D eigenvalue weighted by Gasteiger charge is 2.38. The van der Waals surface area contributed by atoms with Crippen LogP contribution in [0.3, 0.4) is 0 Å². The van der Waals surface area contributed by atoms with E-state index >= 15 is 0 Å². The van der Waals surface area contributed by atoms with E-state index in [4.69, 9.17) is 0 Å². The molecule has 2 unspecified atom stereocenters. The number of nitrogens with one attached hydrogen (secondary N) is 2. The number of alkyl halides is 3. The van der Waals surface area contributed by atoms with Crippen molar-refractivity contribution in [3.8, 4) is 12.1 Å². The molecule has 4 rings (SSSR count). The highest BCUT2D eigenvalue weighted by atomic mass is 19.4. The van der Waals surface area contributed by atoms with Crippen molar-refractivity contribution >= 4 is 16.7 Å². The number of H-pyrrole nitrogens is 1. The largest absolute Gasteiger partial charge is 0.416 e. The third-order valence-electron chi connectivity index (χ3n) is 6.33. The molecule has 0 saturated carbocycles. The van der Waals surface area contributed by atoms with Gasteiger partial charge in [-0.1, -0.05) is 25.1 Å². The lowest BCUT2D eigenvalue weighted by atomic mass is 9.87. The van der Waals surface area contributed by atoms with Crippen LogP contribution in [0.15, 0.2) is 35.1 Å². The van der Waals surface area contributed by atoms with Gasteiger partial charge in [-0.05, 0) is 24.6 Å². The van der Waals surface area contributed by atoms with Gasteiger partial charge in [-0.3, -0.25) is 4.79 Å². The molecule has 2 aromatic heterocycles. The van der Waals surface area contributed by atoms with E-state index in [1.807, 2.05) is 17.0 Å². The number of benzene rings is 1. The van der Waals surface area contributed by atoms with Crippen molar-refractivity contribution in [2.45, 2.75) is 32.0 Å². The van der Waals surface area contributed by atoms with Crippen molar-refractivity contribution in [1.29, 1.82) is 10.5 Å². The zero-order valence-corrected chi connectivity index (χ0v) is 18.5. The van der Waals surface area contributed by atoms with Crippen molar-refractivity contribution in [2.24, 2.45) is 0 Å². The standard InChI is InChI=1S/C24H21F3N6O/c1-13(16-5-3-4-6-17(16)24(25,26)27)20-12-30-7-8-33(20)22-14(2)19(11-29)31-18-9-15(10-28)23(34)32-21(18)22/h3-6,9,13,20,30H,7-8,12H2,1-2H3,(H,32,34). The summed E-state index contributed by atoms with van der Waals surface area (Å²) in [6.07, 6.45) is -4.50. The molecule has 1 aliphatic rings. The lowest BCUT2D eigenvalue weighted by Crippen LogP contribution is -2.54. The Kier molecular flexibility index (Phi) is 6.03. The number of aromatic amines is 1. The van der Waals surface area contributed by atoms with Crippen LogP contribution in [0, 0.1) is 29.6 Å². The summed E-state index contributed by atoms with van der Waals surface area (Å²) in [4.78, 5) is 21.4. The minimum atomic E-state index is -4.50. The second-order valence-corrected chi connectivity index (χ2v) is 8.27. The Morgan fingerprint density at radius 2 is 1.97 bits per heavy atom. The fraction of sp³-hybridized carbons (Fsp3) is 0.333. The minimum absolute atomic E-state index is 0.124. The zero-order valence-electron chi connectivity index (χ0n) is 18.5. The van der Waals surface area contributed by atoms with Gasteiger partial charge in [0.2, 0.25) is 0 Å². The predicted octanol–water partition coefficient (Wildman–Crippen LogP) is 3.58. The summed E-state index contributed by atoms with van der Waals surface area (Å²) in [7, 11) is 0. The molecule has 0 amide bonds. The Morgan fingerprint density at radius 3 is 2.65 bits per heavy atom. The van der Waals surface area contributed by atoms with Crippen molar-refractivity contribution in [3.63, 3.8) is 0 Å². The van der Waals surface area contributed by atoms with E-state index in [9.17, 15) is 28.5 Å². The maximum absolute atomic E-state index is 13.7. The zero-order chi connectivity index (χ0) is 24.6. The molecule has 1 aliphatic heterocycles. The molecule has 0 spiro atoms. The summed E-state index contributed by atoms with van der Waals surface area (Å²) >= 11 is 0. The summed E-state index contributed by atoms with van der Waals surface area (Å²) < 4.78 is 41.2. The third kappa shape index (κ3) is 3.97. The third-order valence-corrected chi connectivity index (χ3v) is 6.33. The lowest BCUT2D eigenvalue weighted by Gasteiger charge is -2.42. The number of fused-ring (bicyclic) bond motifs is 1. The smallest absolute Gasteiger partial charge is 0.363 e. The summed E-state index contributed by atoms with van der Waals surface area (Å²) in [5, 5.41) is 22.1. The monoisotopic (exact) mass is 466 g/mol. The van der Waals surface area contributed by atoms with E-state index in [-0.39, 0.29) is 22.3 Å². The highest BCUT2D eigenvalue weighted by molar-refractivity contribution is 5.92. The molecule has 0 aliphatic carbocycles. The molecule has 10 heteroatoms. The van der Waals surface area contributed by atoms with Gasteiger partial charge in [-0.15, -0.1) is 0 Å². The van der Waals surface area contributed by atoms with Gasteiger partial charge in [0.25, 0.3) is 5.56 Å². The lowest BCUT2D eigenvalue weighted by molar-refractivity contribution is -0.138. The maximum Gasteiger partial charge on any atom is 0.416 e. The quantitative estimate of drug-likeness (QED) is 0.611. The summed E-state index contributed by atoms with van der Waals surface area (Å²) in [6.45, 7) is 4.85. The predicted molar refractivity (Wildman–Crippen MR) is 120 cm³/mol. The topological polar surface area (TPSA) is 109 Å². The first-order valence-electron chi connectivity index (χ1n) is 10.7. The van der Waals surface area contributed by atoms with E-state index in [1.54, 1.807) is 19.9 Å². The highest BCUT2D eigenvalue weighted by Crippen LogP contribution is 2.39. The number of nitrogens with zero attached hydrogens (tertiary/aromatic N) is 4. The van der Waals surface area contributed by atoms with E-state index in [2.05, 4.69) is 15.3 Å². The van der Waals surface area contributed by atoms with Crippen LogP contribution >= 0.6 is 0 Å². The van der Waals surface area contributed by atoms with Crippen molar-refractivity contribution in [2.75, 3.05) is 24.5 Å². The number of anilines is 1. The van der Waals surface area contributed by atoms with Crippen LogP contribution in [0.4, 0.5) is 18.9 Å². The van der Waals surface area contributed by atoms with Crippen LogP contribution in [-0.2, 0) is 6.18 Å². The average molecular weight is 466 g/mol. The Bertz CT molecular complexity index is 1400. The number of rotatable bonds is 3. The molecular formula is C24H21F3N6O. The van der Waals surface area contributed by atoms with Gasteiger partial charge >= 0.3 is 6.18 Å². The van der Waals surface area contributed by atoms with Crippen LogP contribution in [0.2, 0.25) is 0 Å². The number of aromatic nitrogens is 2. The fourth-order valence-corrected chi connectivity index (χ4v) is 4.65. The number of nitriles is 2. The maximum atomic E-state index is 13.7. The van der Waals surface area contributed by atoms with E-state index in [1.165, 1.54) is 18.2 Å². The van der Waals surface area contributed by atoms with Gasteiger partial charge in [0, 0.05) is 37.2 Å². The van der Waals surface area contributed by atoms with Crippen LogP contribution in [0.25, 0.3) is 11.0 Å². The van der Waals surface area contributed by atoms with Gasteiger partial charge in [0.05, 0.1) is 22.3 Å². The summed E-state index contributed by atoms with van der Waals surface area (Å²) in [5.74, 6) is -0.538. The molecule has 0 radical (unpaired) electrons. The molecule has 1 fully saturated rings. The van der Waals surface area contributed by atoms with Crippen molar-refractivity contribution in [3.05, 3.63) is 68.6 Å². The van der Waals surface area contributed by atoms with Gasteiger partial charge < -0.3 is 15.2 Å². The normalized spacial score (nSPS) is 17.3. The average Bonchev–Trinajstić information content (AvgIpc) is 2.82. The molecule has 3 heterocycles. The summed E-state index contributed by atoms with van der Waals surface area (Å²) in [5.41, 5.74) is 0.549. The molecule has 0 bridgehead atoms. The molecule has 1 saturated heterocycles. The number of pyridine rings is 2. The Morgan fingerprint density at radius 1 is 1.24 bits per heavy atom. The Labute approximate surface area is 193 Å². The molecule has 174 valence electrons. The molecular weight excluding hydrogens is 445 g/mol. The van der Waals surface area contributed by atoms with E-state index in [0.29, 0.717) is 36.4 Å². The van der Waals surface area contributed by atoms with Gasteiger partial charge in [0.1, 0.15) is 23.4 Å². The molecule has 34 heavy (non-hydrogen) atoms. The first-order chi connectivity index (χ1) is 16.2. The number of hydrogen-bond donors (Lipinski definition) is 2. The first kappa shape index (κ1) is 23.3. The first-order valence-corrected chi connectivity index (χ1v) is 10.7. The van der Waals surface area contributed by atoms with Crippen LogP contribution in [0.1, 0.15) is 40.8 Å². The Hall–Kier alpha value is -3.89. The van der Waals surface area contributed by atoms with E-state index < -0.39 is 29.3 Å². The number of halogens is 3. The van der Waals surface area contributed by atoms with Crippen LogP contribution in [0.5, 0.6) is 0 Å². The van der Waals surface area contributed by atoms with Crippen LogP contribution < -0.4 is 15.8 Å². The van der Waals surface area contributed by atoms with Gasteiger partial charge in [0.15, 0.2) is 0 Å². The minimum Gasteiger partial charge on any atom is -0.363 e. The van der Waals surface area contributed by atoms with Crippen molar-refractivity contribution in [1.82, 2.24) is 15.3 Å². The van der Waals surface area contributed by atoms with E-state index in [0.717, 1.165) is 6.07 Å². The molecule has 2 atom stereocenters. The second kappa shape index (κ2) is 8.81. The fourth-order valence-electron chi connectivity index (χ4n) is 4.65. The van der Waals surface area contributed by atoms with Crippen molar-refractivity contribution < 1.29 is 13.2 Å². The number of hydrogen-bond acceptors (Lipinski definition) is 6. The van der Waals surface area contributed by atoms with Gasteiger partial charge in [-0.25, -0.2) is 4.98 Å². The Balaban J connectivity index is 1.92. The summed E-state index contributed by atoms with van der Waals surface area (Å²) in [6, 6.07) is 10.3. The van der Waals surface area contributed by atoms with Crippen LogP contribution in [-0.4, -0.2) is 35.6 Å². The SMILES string of the molecule is Cc1c(C#N)nc2cc(C#N)c(=O)[nH]c2c1N1CCNCC1C(C)c1ccccc1C(F)(F)F. The molecule has 1 aromatic carbocycles. The molecule has 7 nitrogen and oxygen atoms in total.